The van der Waals surface area contributed by atoms with Crippen molar-refractivity contribution < 1.29 is 23.9 Å². The second kappa shape index (κ2) is 11.1. The zero-order chi connectivity index (χ0) is 26.5. The molecule has 1 heterocycles. The highest BCUT2D eigenvalue weighted by Gasteiger charge is 2.29. The highest BCUT2D eigenvalue weighted by atomic mass is 35.5. The average molecular weight is 485 g/mol. The number of halogens is 1. The van der Waals surface area contributed by atoms with Crippen LogP contribution in [0.2, 0.25) is 5.02 Å². The standard InChI is InChI=1S/C22H29ClN4O6/c1-33-13-16(28)12-26-19(29)11-25-27(21(26)31)15-6-7-18(23)17(10-15)20(30)24-14-22(32)8-4-2-3-5-9-22/h6-7,10-11,16,28,32H,2-5,8-9,12-14H2,1H3,(H,24,30)/t16-/m1/s1/i1+1D3. The quantitative estimate of drug-likeness (QED) is 0.373. The zero-order valence-corrected chi connectivity index (χ0v) is 18.8. The lowest BCUT2D eigenvalue weighted by molar-refractivity contribution is 0.0246. The summed E-state index contributed by atoms with van der Waals surface area (Å²) >= 11 is 6.22. The number of benzene rings is 1. The molecule has 0 radical (unpaired) electrons. The molecule has 0 bridgehead atoms. The van der Waals surface area contributed by atoms with E-state index in [-0.39, 0.29) is 22.8 Å². The molecule has 0 spiro atoms. The molecule has 3 rings (SSSR count). The Labute approximate surface area is 200 Å². The van der Waals surface area contributed by atoms with Crippen molar-refractivity contribution >= 4 is 17.5 Å². The van der Waals surface area contributed by atoms with Crippen LogP contribution in [0.3, 0.4) is 0 Å². The van der Waals surface area contributed by atoms with Crippen LogP contribution in [-0.2, 0) is 11.3 Å². The van der Waals surface area contributed by atoms with Crippen molar-refractivity contribution in [3.63, 3.8) is 0 Å². The largest absolute Gasteiger partial charge is 0.389 e. The van der Waals surface area contributed by atoms with Crippen LogP contribution < -0.4 is 16.6 Å². The second-order valence-electron chi connectivity index (χ2n) is 8.24. The molecule has 180 valence electrons. The molecule has 1 amide bonds. The van der Waals surface area contributed by atoms with E-state index in [0.29, 0.717) is 17.4 Å². The smallest absolute Gasteiger partial charge is 0.352 e. The van der Waals surface area contributed by atoms with Crippen LogP contribution in [-0.4, -0.2) is 62.4 Å². The van der Waals surface area contributed by atoms with E-state index in [0.717, 1.165) is 36.6 Å². The number of hydrogen-bond donors (Lipinski definition) is 3. The first-order valence-electron chi connectivity index (χ1n) is 12.2. The first kappa shape index (κ1) is 21.0. The fourth-order valence-electron chi connectivity index (χ4n) is 3.86. The maximum atomic E-state index is 12.9. The van der Waals surface area contributed by atoms with Gasteiger partial charge in [0.1, 0.15) is 6.20 Å². The van der Waals surface area contributed by atoms with Crippen LogP contribution in [0.15, 0.2) is 34.0 Å². The van der Waals surface area contributed by atoms with E-state index in [1.54, 1.807) is 0 Å². The fourth-order valence-corrected chi connectivity index (χ4v) is 4.07. The molecule has 3 N–H and O–H groups in total. The third-order valence-corrected chi connectivity index (χ3v) is 6.01. The van der Waals surface area contributed by atoms with Gasteiger partial charge in [-0.3, -0.25) is 14.2 Å². The molecule has 11 heteroatoms. The molecule has 1 aromatic carbocycles. The molecule has 0 unspecified atom stereocenters. The topological polar surface area (TPSA) is 136 Å². The average Bonchev–Trinajstić information content (AvgIpc) is 3.04. The number of methoxy groups -OCH3 is 1. The Balaban J connectivity index is 1.81. The van der Waals surface area contributed by atoms with Gasteiger partial charge in [0.05, 0.1) is 45.2 Å². The van der Waals surface area contributed by atoms with Gasteiger partial charge in [0.15, 0.2) is 0 Å². The number of nitrogens with zero attached hydrogens (tertiary/aromatic N) is 3. The van der Waals surface area contributed by atoms with E-state index < -0.39 is 49.1 Å². The summed E-state index contributed by atoms with van der Waals surface area (Å²) in [5.74, 6) is -0.543. The SMILES string of the molecule is [2H][13C]([2H])([2H])OC[C@H](O)Cn1c(=O)cnn(-c2ccc(Cl)c(C(=O)NCC3(O)CCCCCC3)c2)c1=O. The van der Waals surface area contributed by atoms with Crippen LogP contribution in [0.5, 0.6) is 0 Å². The molecule has 1 aliphatic carbocycles. The Hall–Kier alpha value is -2.53. The van der Waals surface area contributed by atoms with Crippen LogP contribution >= 0.6 is 11.6 Å². The van der Waals surface area contributed by atoms with Crippen molar-refractivity contribution in [2.75, 3.05) is 20.2 Å². The van der Waals surface area contributed by atoms with Crippen LogP contribution in [0.4, 0.5) is 0 Å². The first-order chi connectivity index (χ1) is 16.9. The number of nitrogens with one attached hydrogen (secondary N) is 1. The van der Waals surface area contributed by atoms with Crippen molar-refractivity contribution in [3.8, 4) is 5.69 Å². The molecule has 1 saturated carbocycles. The lowest BCUT2D eigenvalue weighted by Gasteiger charge is -2.26. The van der Waals surface area contributed by atoms with Crippen molar-refractivity contribution in [2.24, 2.45) is 0 Å². The predicted molar refractivity (Wildman–Crippen MR) is 122 cm³/mol. The van der Waals surface area contributed by atoms with Crippen molar-refractivity contribution in [2.45, 2.75) is 56.8 Å². The summed E-state index contributed by atoms with van der Waals surface area (Å²) in [5, 5.41) is 27.5. The molecule has 1 fully saturated rings. The van der Waals surface area contributed by atoms with E-state index in [1.807, 2.05) is 0 Å². The first-order valence-corrected chi connectivity index (χ1v) is 11.1. The van der Waals surface area contributed by atoms with E-state index in [9.17, 15) is 24.6 Å². The zero-order valence-electron chi connectivity index (χ0n) is 21.0. The van der Waals surface area contributed by atoms with E-state index in [1.165, 1.54) is 18.2 Å². The molecule has 33 heavy (non-hydrogen) atoms. The van der Waals surface area contributed by atoms with Gasteiger partial charge in [0.2, 0.25) is 0 Å². The number of hydrogen-bond acceptors (Lipinski definition) is 7. The van der Waals surface area contributed by atoms with Gasteiger partial charge >= 0.3 is 5.69 Å². The van der Waals surface area contributed by atoms with Crippen LogP contribution in [0.25, 0.3) is 5.69 Å². The summed E-state index contributed by atoms with van der Waals surface area (Å²) in [7, 11) is -2.74. The lowest BCUT2D eigenvalue weighted by Crippen LogP contribution is -2.43. The number of rotatable bonds is 8. The molecule has 1 atom stereocenters. The van der Waals surface area contributed by atoms with Crippen molar-refractivity contribution in [1.82, 2.24) is 19.7 Å². The predicted octanol–water partition coefficient (Wildman–Crippen LogP) is 0.870. The van der Waals surface area contributed by atoms with E-state index >= 15 is 0 Å². The maximum absolute atomic E-state index is 12.9. The number of aliphatic hydroxyl groups is 2. The maximum Gasteiger partial charge on any atom is 0.352 e. The Morgan fingerprint density at radius 1 is 1.33 bits per heavy atom. The van der Waals surface area contributed by atoms with Gasteiger partial charge < -0.3 is 20.3 Å². The Morgan fingerprint density at radius 3 is 2.76 bits per heavy atom. The monoisotopic (exact) mass is 484 g/mol. The molecule has 0 aliphatic heterocycles. The van der Waals surface area contributed by atoms with E-state index in [4.69, 9.17) is 15.7 Å². The number of carbonyl (C=O) groups is 1. The molecule has 0 saturated heterocycles. The molecule has 1 aromatic heterocycles. The van der Waals surface area contributed by atoms with Crippen molar-refractivity contribution in [1.29, 1.82) is 0 Å². The van der Waals surface area contributed by atoms with Crippen LogP contribution in [0, 0.1) is 0 Å². The molecular formula is C22H29ClN4O6. The minimum atomic E-state index is -2.74. The number of ether oxygens (including phenoxy) is 1. The van der Waals surface area contributed by atoms with Gasteiger partial charge in [-0.1, -0.05) is 37.3 Å². The third-order valence-electron chi connectivity index (χ3n) is 5.68. The third kappa shape index (κ3) is 6.29. The van der Waals surface area contributed by atoms with Gasteiger partial charge in [-0.2, -0.15) is 9.78 Å². The van der Waals surface area contributed by atoms with Gasteiger partial charge in [-0.15, -0.1) is 0 Å². The van der Waals surface area contributed by atoms with Gasteiger partial charge in [-0.25, -0.2) is 4.79 Å². The Bertz CT molecular complexity index is 1190. The second-order valence-corrected chi connectivity index (χ2v) is 8.65. The summed E-state index contributed by atoms with van der Waals surface area (Å²) in [6.45, 7) is -1.09. The summed E-state index contributed by atoms with van der Waals surface area (Å²) in [6.07, 6.45) is 4.42. The summed E-state index contributed by atoms with van der Waals surface area (Å²) < 4.78 is 27.1. The number of aromatic nitrogens is 3. The highest BCUT2D eigenvalue weighted by Crippen LogP contribution is 2.26. The van der Waals surface area contributed by atoms with Gasteiger partial charge in [-0.05, 0) is 31.0 Å². The summed E-state index contributed by atoms with van der Waals surface area (Å²) in [5.41, 5.74) is -2.55. The molecule has 10 nitrogen and oxygen atoms in total. The fraction of sp³-hybridized carbons (Fsp3) is 0.545. The van der Waals surface area contributed by atoms with E-state index in [2.05, 4.69) is 15.2 Å². The van der Waals surface area contributed by atoms with Gasteiger partial charge in [0.25, 0.3) is 11.5 Å². The Morgan fingerprint density at radius 2 is 2.06 bits per heavy atom. The summed E-state index contributed by atoms with van der Waals surface area (Å²) in [4.78, 5) is 38.0. The normalized spacial score (nSPS) is 18.5. The van der Waals surface area contributed by atoms with Crippen LogP contribution in [0.1, 0.15) is 53.0 Å². The minimum absolute atomic E-state index is 0.0453. The lowest BCUT2D eigenvalue weighted by atomic mass is 9.94. The highest BCUT2D eigenvalue weighted by molar-refractivity contribution is 6.33. The number of aliphatic hydroxyl groups excluding tert-OH is 1. The molecular weight excluding hydrogens is 453 g/mol. The van der Waals surface area contributed by atoms with Crippen molar-refractivity contribution in [3.05, 3.63) is 55.8 Å². The summed E-state index contributed by atoms with van der Waals surface area (Å²) in [6, 6.07) is 4.15. The molecule has 2 aromatic rings. The van der Waals surface area contributed by atoms with Gasteiger partial charge in [0, 0.05) is 13.6 Å². The molecule has 1 aliphatic rings. The number of carbonyl (C=O) groups excluding carboxylic acids is 1. The minimum Gasteiger partial charge on any atom is -0.389 e. The Kier molecular flexibility index (Phi) is 7.05. The number of amides is 1.